The number of aromatic nitrogens is 2. The second kappa shape index (κ2) is 9.10. The highest BCUT2D eigenvalue weighted by molar-refractivity contribution is 6.04. The quantitative estimate of drug-likeness (QED) is 0.377. The first-order chi connectivity index (χ1) is 17.0. The van der Waals surface area contributed by atoms with Crippen LogP contribution in [-0.4, -0.2) is 39.8 Å². The summed E-state index contributed by atoms with van der Waals surface area (Å²) in [5, 5.41) is 17.5. The van der Waals surface area contributed by atoms with Crippen molar-refractivity contribution in [1.29, 1.82) is 0 Å². The number of benzene rings is 2. The van der Waals surface area contributed by atoms with Crippen molar-refractivity contribution in [2.45, 2.75) is 5.92 Å². The Kier molecular flexibility index (Phi) is 5.68. The Morgan fingerprint density at radius 1 is 0.943 bits per heavy atom. The molecule has 3 N–H and O–H groups in total. The SMILES string of the molecule is O=C(Nc1cc(C(=O)Nc2cncc(C(=O)O)c2)no1)OCC1c2ccccc2-c2ccccc21. The van der Waals surface area contributed by atoms with Crippen molar-refractivity contribution >= 4 is 29.5 Å². The number of fused-ring (bicyclic) bond motifs is 3. The first kappa shape index (κ1) is 21.8. The number of hydrogen-bond acceptors (Lipinski definition) is 7. The van der Waals surface area contributed by atoms with Crippen LogP contribution in [0.2, 0.25) is 0 Å². The monoisotopic (exact) mass is 470 g/mol. The molecule has 5 rings (SSSR count). The lowest BCUT2D eigenvalue weighted by Gasteiger charge is -2.13. The van der Waals surface area contributed by atoms with Gasteiger partial charge in [-0.25, -0.2) is 9.59 Å². The van der Waals surface area contributed by atoms with E-state index in [-0.39, 0.29) is 35.4 Å². The van der Waals surface area contributed by atoms with Crippen LogP contribution in [0.3, 0.4) is 0 Å². The van der Waals surface area contributed by atoms with Gasteiger partial charge in [-0.05, 0) is 28.3 Å². The zero-order chi connectivity index (χ0) is 24.4. The highest BCUT2D eigenvalue weighted by atomic mass is 16.6. The topological polar surface area (TPSA) is 144 Å². The fraction of sp³-hybridized carbons (Fsp3) is 0.0800. The van der Waals surface area contributed by atoms with E-state index in [0.717, 1.165) is 28.5 Å². The smallest absolute Gasteiger partial charge is 0.414 e. The third-order valence-electron chi connectivity index (χ3n) is 5.55. The zero-order valence-corrected chi connectivity index (χ0v) is 18.1. The molecule has 1 aliphatic rings. The van der Waals surface area contributed by atoms with Gasteiger partial charge in [-0.2, -0.15) is 0 Å². The average Bonchev–Trinajstić information content (AvgIpc) is 3.46. The van der Waals surface area contributed by atoms with Crippen LogP contribution in [0.25, 0.3) is 11.1 Å². The van der Waals surface area contributed by atoms with Crippen LogP contribution < -0.4 is 10.6 Å². The van der Waals surface area contributed by atoms with Crippen molar-refractivity contribution in [2.24, 2.45) is 0 Å². The van der Waals surface area contributed by atoms with Crippen molar-refractivity contribution in [2.75, 3.05) is 17.2 Å². The maximum atomic E-state index is 12.4. The number of pyridine rings is 1. The molecule has 0 spiro atoms. The summed E-state index contributed by atoms with van der Waals surface area (Å²) in [6.07, 6.45) is 1.69. The second-order valence-electron chi connectivity index (χ2n) is 7.75. The first-order valence-electron chi connectivity index (χ1n) is 10.6. The van der Waals surface area contributed by atoms with Crippen LogP contribution in [0, 0.1) is 0 Å². The lowest BCUT2D eigenvalue weighted by atomic mass is 9.98. The van der Waals surface area contributed by atoms with Gasteiger partial charge in [0, 0.05) is 18.2 Å². The van der Waals surface area contributed by atoms with Crippen molar-refractivity contribution in [3.05, 3.63) is 95.4 Å². The van der Waals surface area contributed by atoms with E-state index in [9.17, 15) is 14.4 Å². The van der Waals surface area contributed by atoms with Gasteiger partial charge in [0.05, 0.1) is 17.4 Å². The van der Waals surface area contributed by atoms with Crippen molar-refractivity contribution in [3.8, 4) is 11.1 Å². The Balaban J connectivity index is 1.20. The van der Waals surface area contributed by atoms with Crippen LogP contribution in [0.15, 0.2) is 77.6 Å². The molecule has 2 heterocycles. The number of carbonyl (C=O) groups excluding carboxylic acids is 2. The normalized spacial score (nSPS) is 11.9. The maximum absolute atomic E-state index is 12.4. The predicted molar refractivity (Wildman–Crippen MR) is 124 cm³/mol. The summed E-state index contributed by atoms with van der Waals surface area (Å²) in [5.41, 5.74) is 4.37. The van der Waals surface area contributed by atoms with E-state index in [1.165, 1.54) is 18.3 Å². The minimum absolute atomic E-state index is 0.0789. The number of hydrogen-bond donors (Lipinski definition) is 3. The molecule has 0 fully saturated rings. The van der Waals surface area contributed by atoms with Crippen LogP contribution in [-0.2, 0) is 4.74 Å². The molecule has 1 aliphatic carbocycles. The van der Waals surface area contributed by atoms with Gasteiger partial charge < -0.3 is 19.7 Å². The maximum Gasteiger partial charge on any atom is 0.414 e. The Morgan fingerprint density at radius 3 is 2.31 bits per heavy atom. The number of aromatic carboxylic acids is 1. The van der Waals surface area contributed by atoms with Gasteiger partial charge in [-0.15, -0.1) is 0 Å². The predicted octanol–water partition coefficient (Wildman–Crippen LogP) is 4.38. The Labute approximate surface area is 198 Å². The number of carboxylic acids is 1. The van der Waals surface area contributed by atoms with E-state index in [4.69, 9.17) is 14.4 Å². The van der Waals surface area contributed by atoms with Crippen LogP contribution in [0.4, 0.5) is 16.4 Å². The number of nitrogens with one attached hydrogen (secondary N) is 2. The van der Waals surface area contributed by atoms with Crippen molar-refractivity contribution < 1.29 is 28.8 Å². The Bertz CT molecular complexity index is 1400. The molecule has 35 heavy (non-hydrogen) atoms. The highest BCUT2D eigenvalue weighted by Crippen LogP contribution is 2.44. The summed E-state index contributed by atoms with van der Waals surface area (Å²) in [5.74, 6) is -2.02. The van der Waals surface area contributed by atoms with E-state index in [1.54, 1.807) is 0 Å². The third-order valence-corrected chi connectivity index (χ3v) is 5.55. The average molecular weight is 470 g/mol. The van der Waals surface area contributed by atoms with Crippen LogP contribution in [0.5, 0.6) is 0 Å². The van der Waals surface area contributed by atoms with Gasteiger partial charge in [0.15, 0.2) is 5.69 Å². The molecule has 0 aliphatic heterocycles. The molecular weight excluding hydrogens is 452 g/mol. The summed E-state index contributed by atoms with van der Waals surface area (Å²) >= 11 is 0. The van der Waals surface area contributed by atoms with Gasteiger partial charge in [0.25, 0.3) is 5.91 Å². The summed E-state index contributed by atoms with van der Waals surface area (Å²) in [6, 6.07) is 18.5. The summed E-state index contributed by atoms with van der Waals surface area (Å²) < 4.78 is 10.5. The molecule has 0 bridgehead atoms. The van der Waals surface area contributed by atoms with Gasteiger partial charge >= 0.3 is 12.1 Å². The van der Waals surface area contributed by atoms with E-state index in [0.29, 0.717) is 0 Å². The van der Waals surface area contributed by atoms with Gasteiger partial charge in [-0.3, -0.25) is 15.1 Å². The Morgan fingerprint density at radius 2 is 1.63 bits per heavy atom. The minimum atomic E-state index is -1.18. The Hall–Kier alpha value is -4.99. The zero-order valence-electron chi connectivity index (χ0n) is 18.1. The molecule has 4 aromatic rings. The molecule has 10 heteroatoms. The van der Waals surface area contributed by atoms with Gasteiger partial charge in [0.2, 0.25) is 5.88 Å². The molecular formula is C25H18N4O6. The number of amides is 2. The summed E-state index contributed by atoms with van der Waals surface area (Å²) in [4.78, 5) is 39.6. The molecule has 2 amide bonds. The molecule has 174 valence electrons. The number of rotatable bonds is 6. The fourth-order valence-corrected chi connectivity index (χ4v) is 4.00. The molecule has 2 aromatic heterocycles. The molecule has 2 aromatic carbocycles. The molecule has 0 saturated carbocycles. The fourth-order valence-electron chi connectivity index (χ4n) is 4.00. The summed E-state index contributed by atoms with van der Waals surface area (Å²) in [7, 11) is 0. The highest BCUT2D eigenvalue weighted by Gasteiger charge is 2.29. The number of anilines is 2. The number of nitrogens with zero attached hydrogens (tertiary/aromatic N) is 2. The lowest BCUT2D eigenvalue weighted by molar-refractivity contribution is 0.0696. The molecule has 0 atom stereocenters. The molecule has 0 saturated heterocycles. The van der Waals surface area contributed by atoms with Gasteiger partial charge in [-0.1, -0.05) is 53.7 Å². The van der Waals surface area contributed by atoms with E-state index in [2.05, 4.69) is 20.8 Å². The first-order valence-corrected chi connectivity index (χ1v) is 10.6. The number of ether oxygens (including phenoxy) is 1. The van der Waals surface area contributed by atoms with E-state index in [1.807, 2.05) is 48.5 Å². The number of carbonyl (C=O) groups is 3. The second-order valence-corrected chi connectivity index (χ2v) is 7.75. The summed E-state index contributed by atoms with van der Waals surface area (Å²) in [6.45, 7) is 0.119. The van der Waals surface area contributed by atoms with Crippen molar-refractivity contribution in [3.63, 3.8) is 0 Å². The molecule has 10 nitrogen and oxygen atoms in total. The number of carboxylic acid groups (broad SMARTS) is 1. The van der Waals surface area contributed by atoms with E-state index >= 15 is 0 Å². The van der Waals surface area contributed by atoms with Crippen LogP contribution in [0.1, 0.15) is 37.9 Å². The largest absolute Gasteiger partial charge is 0.478 e. The van der Waals surface area contributed by atoms with Crippen LogP contribution >= 0.6 is 0 Å². The van der Waals surface area contributed by atoms with E-state index < -0.39 is 18.0 Å². The van der Waals surface area contributed by atoms with Crippen molar-refractivity contribution in [1.82, 2.24) is 10.1 Å². The van der Waals surface area contributed by atoms with Gasteiger partial charge in [0.1, 0.15) is 6.61 Å². The molecule has 0 unspecified atom stereocenters. The minimum Gasteiger partial charge on any atom is -0.478 e. The lowest BCUT2D eigenvalue weighted by Crippen LogP contribution is -2.17. The third kappa shape index (κ3) is 4.44. The standard InChI is InChI=1S/C25H18N4O6/c30-23(27-15-9-14(24(31)32)11-26-12-15)21-10-22(35-29-21)28-25(33)34-13-20-18-7-3-1-5-16(18)17-6-2-4-8-19(17)20/h1-12,20H,13H2,(H,27,30)(H,28,33)(H,31,32). The molecule has 0 radical (unpaired) electrons.